The molecule has 19 heavy (non-hydrogen) atoms. The van der Waals surface area contributed by atoms with E-state index in [1.807, 2.05) is 0 Å². The van der Waals surface area contributed by atoms with Gasteiger partial charge in [-0.05, 0) is 36.6 Å². The number of nitrogens with two attached hydrogens (primary N) is 1. The van der Waals surface area contributed by atoms with E-state index in [-0.39, 0.29) is 5.56 Å². The second-order valence-corrected chi connectivity index (χ2v) is 4.50. The van der Waals surface area contributed by atoms with Crippen LogP contribution in [0.4, 0.5) is 18.9 Å². The average Bonchev–Trinajstić information content (AvgIpc) is 2.77. The minimum atomic E-state index is -4.42. The van der Waals surface area contributed by atoms with E-state index in [0.717, 1.165) is 4.68 Å². The molecule has 0 saturated carbocycles. The first-order chi connectivity index (χ1) is 8.80. The Morgan fingerprint density at radius 3 is 2.21 bits per heavy atom. The molecule has 2 rings (SSSR count). The van der Waals surface area contributed by atoms with Crippen LogP contribution in [0.2, 0.25) is 0 Å². The number of rotatable bonds is 2. The fourth-order valence-electron chi connectivity index (χ4n) is 2.09. The SMILES string of the molecule is Cc1cc(C(n2cccn2)C(F)(F)F)cc(C)c1N. The monoisotopic (exact) mass is 269 g/mol. The fourth-order valence-corrected chi connectivity index (χ4v) is 2.09. The lowest BCUT2D eigenvalue weighted by Gasteiger charge is -2.22. The molecule has 3 nitrogen and oxygen atoms in total. The van der Waals surface area contributed by atoms with Crippen molar-refractivity contribution in [3.8, 4) is 0 Å². The molecule has 6 heteroatoms. The van der Waals surface area contributed by atoms with Crippen molar-refractivity contribution in [3.05, 3.63) is 47.3 Å². The molecule has 0 saturated heterocycles. The van der Waals surface area contributed by atoms with E-state index in [9.17, 15) is 13.2 Å². The minimum Gasteiger partial charge on any atom is -0.398 e. The molecule has 2 N–H and O–H groups in total. The molecule has 0 bridgehead atoms. The van der Waals surface area contributed by atoms with Gasteiger partial charge < -0.3 is 5.73 Å². The average molecular weight is 269 g/mol. The molecule has 0 aliphatic carbocycles. The highest BCUT2D eigenvalue weighted by Gasteiger charge is 2.42. The van der Waals surface area contributed by atoms with E-state index in [1.165, 1.54) is 30.6 Å². The number of anilines is 1. The van der Waals surface area contributed by atoms with Gasteiger partial charge in [-0.15, -0.1) is 0 Å². The molecule has 0 amide bonds. The van der Waals surface area contributed by atoms with E-state index >= 15 is 0 Å². The summed E-state index contributed by atoms with van der Waals surface area (Å²) in [5, 5.41) is 3.71. The van der Waals surface area contributed by atoms with Gasteiger partial charge in [0.25, 0.3) is 0 Å². The first kappa shape index (κ1) is 13.5. The van der Waals surface area contributed by atoms with Crippen molar-refractivity contribution in [2.45, 2.75) is 26.1 Å². The number of hydrogen-bond donors (Lipinski definition) is 1. The normalized spacial score (nSPS) is 13.5. The Hall–Kier alpha value is -1.98. The highest BCUT2D eigenvalue weighted by molar-refractivity contribution is 5.55. The second kappa shape index (κ2) is 4.60. The van der Waals surface area contributed by atoms with E-state index in [2.05, 4.69) is 5.10 Å². The maximum Gasteiger partial charge on any atom is 0.415 e. The van der Waals surface area contributed by atoms with Crippen LogP contribution < -0.4 is 5.73 Å². The summed E-state index contributed by atoms with van der Waals surface area (Å²) in [4.78, 5) is 0. The third kappa shape index (κ3) is 2.57. The summed E-state index contributed by atoms with van der Waals surface area (Å²) in [5.41, 5.74) is 7.70. The maximum atomic E-state index is 13.2. The molecule has 2 aromatic rings. The largest absolute Gasteiger partial charge is 0.415 e. The van der Waals surface area contributed by atoms with Gasteiger partial charge in [-0.2, -0.15) is 18.3 Å². The molecule has 1 heterocycles. The Kier molecular flexibility index (Phi) is 3.26. The van der Waals surface area contributed by atoms with Gasteiger partial charge in [0.05, 0.1) is 0 Å². The molecule has 0 aliphatic rings. The number of benzene rings is 1. The lowest BCUT2D eigenvalue weighted by Crippen LogP contribution is -2.28. The molecule has 1 aromatic carbocycles. The molecule has 0 radical (unpaired) electrons. The van der Waals surface area contributed by atoms with Crippen molar-refractivity contribution >= 4 is 5.69 Å². The molecule has 0 spiro atoms. The summed E-state index contributed by atoms with van der Waals surface area (Å²) in [6, 6.07) is 2.60. The second-order valence-electron chi connectivity index (χ2n) is 4.50. The van der Waals surface area contributed by atoms with Crippen molar-refractivity contribution in [2.75, 3.05) is 5.73 Å². The summed E-state index contributed by atoms with van der Waals surface area (Å²) in [6.07, 6.45) is -1.78. The summed E-state index contributed by atoms with van der Waals surface area (Å²) < 4.78 is 40.6. The van der Waals surface area contributed by atoms with Crippen molar-refractivity contribution in [3.63, 3.8) is 0 Å². The third-order valence-corrected chi connectivity index (χ3v) is 3.03. The van der Waals surface area contributed by atoms with E-state index < -0.39 is 12.2 Å². The Morgan fingerprint density at radius 2 is 1.79 bits per heavy atom. The summed E-state index contributed by atoms with van der Waals surface area (Å²) >= 11 is 0. The maximum absolute atomic E-state index is 13.2. The van der Waals surface area contributed by atoms with Crippen molar-refractivity contribution < 1.29 is 13.2 Å². The Labute approximate surface area is 108 Å². The van der Waals surface area contributed by atoms with Crippen LogP contribution in [0.1, 0.15) is 22.7 Å². The standard InChI is InChI=1S/C13H14F3N3/c1-8-6-10(7-9(2)11(8)17)12(13(14,15)16)19-5-3-4-18-19/h3-7,12H,17H2,1-2H3. The fraction of sp³-hybridized carbons (Fsp3) is 0.308. The molecule has 1 aromatic heterocycles. The van der Waals surface area contributed by atoms with Gasteiger partial charge in [-0.3, -0.25) is 4.68 Å². The third-order valence-electron chi connectivity index (χ3n) is 3.03. The van der Waals surface area contributed by atoms with Crippen LogP contribution in [0, 0.1) is 13.8 Å². The van der Waals surface area contributed by atoms with Gasteiger partial charge in [0.1, 0.15) is 0 Å². The van der Waals surface area contributed by atoms with Gasteiger partial charge in [0, 0.05) is 18.1 Å². The predicted octanol–water partition coefficient (Wildman–Crippen LogP) is 3.23. The molecule has 1 unspecified atom stereocenters. The van der Waals surface area contributed by atoms with Crippen LogP contribution in [0.5, 0.6) is 0 Å². The van der Waals surface area contributed by atoms with Gasteiger partial charge in [0.2, 0.25) is 0 Å². The molecule has 102 valence electrons. The van der Waals surface area contributed by atoms with Gasteiger partial charge in [-0.25, -0.2) is 0 Å². The predicted molar refractivity (Wildman–Crippen MR) is 66.7 cm³/mol. The van der Waals surface area contributed by atoms with Crippen molar-refractivity contribution in [1.29, 1.82) is 0 Å². The lowest BCUT2D eigenvalue weighted by atomic mass is 9.99. The first-order valence-electron chi connectivity index (χ1n) is 5.73. The van der Waals surface area contributed by atoms with Crippen LogP contribution in [-0.2, 0) is 0 Å². The van der Waals surface area contributed by atoms with Gasteiger partial charge in [-0.1, -0.05) is 12.1 Å². The molecule has 1 atom stereocenters. The Balaban J connectivity index is 2.57. The van der Waals surface area contributed by atoms with Crippen LogP contribution in [0.3, 0.4) is 0 Å². The minimum absolute atomic E-state index is 0.139. The zero-order valence-electron chi connectivity index (χ0n) is 10.6. The smallest absolute Gasteiger partial charge is 0.398 e. The summed E-state index contributed by atoms with van der Waals surface area (Å²) in [5.74, 6) is 0. The number of aromatic nitrogens is 2. The van der Waals surface area contributed by atoms with Crippen LogP contribution in [0.25, 0.3) is 0 Å². The number of nitrogens with zero attached hydrogens (tertiary/aromatic N) is 2. The number of aryl methyl sites for hydroxylation is 2. The topological polar surface area (TPSA) is 43.8 Å². The summed E-state index contributed by atoms with van der Waals surface area (Å²) in [6.45, 7) is 3.39. The summed E-state index contributed by atoms with van der Waals surface area (Å²) in [7, 11) is 0. The number of hydrogen-bond acceptors (Lipinski definition) is 2. The Bertz CT molecular complexity index is 550. The van der Waals surface area contributed by atoms with E-state index in [1.54, 1.807) is 13.8 Å². The number of alkyl halides is 3. The number of nitrogen functional groups attached to an aromatic ring is 1. The van der Waals surface area contributed by atoms with E-state index in [0.29, 0.717) is 16.8 Å². The van der Waals surface area contributed by atoms with Crippen molar-refractivity contribution in [2.24, 2.45) is 0 Å². The lowest BCUT2D eigenvalue weighted by molar-refractivity contribution is -0.159. The molecule has 0 aliphatic heterocycles. The molecular weight excluding hydrogens is 255 g/mol. The highest BCUT2D eigenvalue weighted by Crippen LogP contribution is 2.37. The highest BCUT2D eigenvalue weighted by atomic mass is 19.4. The van der Waals surface area contributed by atoms with Crippen LogP contribution >= 0.6 is 0 Å². The number of halogens is 3. The first-order valence-corrected chi connectivity index (χ1v) is 5.73. The van der Waals surface area contributed by atoms with Crippen molar-refractivity contribution in [1.82, 2.24) is 9.78 Å². The molecular formula is C13H14F3N3. The zero-order valence-corrected chi connectivity index (χ0v) is 10.6. The van der Waals surface area contributed by atoms with Gasteiger partial charge in [0.15, 0.2) is 6.04 Å². The van der Waals surface area contributed by atoms with E-state index in [4.69, 9.17) is 5.73 Å². The van der Waals surface area contributed by atoms with Gasteiger partial charge >= 0.3 is 6.18 Å². The Morgan fingerprint density at radius 1 is 1.21 bits per heavy atom. The van der Waals surface area contributed by atoms with Crippen LogP contribution in [-0.4, -0.2) is 16.0 Å². The molecule has 0 fully saturated rings. The quantitative estimate of drug-likeness (QED) is 0.851. The zero-order chi connectivity index (χ0) is 14.2. The van der Waals surface area contributed by atoms with Crippen LogP contribution in [0.15, 0.2) is 30.6 Å².